The monoisotopic (exact) mass is 253 g/mol. The maximum atomic E-state index is 12.0. The zero-order chi connectivity index (χ0) is 13.1. The molecular weight excluding hydrogens is 242 g/mol. The summed E-state index contributed by atoms with van der Waals surface area (Å²) < 4.78 is 1.84. The summed E-state index contributed by atoms with van der Waals surface area (Å²) >= 11 is 0. The Balaban J connectivity index is 1.92. The molecule has 3 rings (SSSR count). The van der Waals surface area contributed by atoms with E-state index in [4.69, 9.17) is 0 Å². The number of amides is 1. The number of aromatic nitrogens is 4. The number of carbonyl (C=O) groups excluding carboxylic acids is 1. The maximum absolute atomic E-state index is 12.0. The predicted octanol–water partition coefficient (Wildman–Crippen LogP) is 1.85. The topological polar surface area (TPSA) is 75.6 Å². The lowest BCUT2D eigenvalue weighted by molar-refractivity contribution is 0.102. The SMILES string of the molecule is O=C(Nc1ccccc1-n1ccnc1)c1cn[nH]c1. The van der Waals surface area contributed by atoms with E-state index in [1.165, 1.54) is 6.20 Å². The van der Waals surface area contributed by atoms with Gasteiger partial charge in [0, 0.05) is 18.6 Å². The number of para-hydroxylation sites is 2. The molecule has 0 radical (unpaired) electrons. The predicted molar refractivity (Wildman–Crippen MR) is 70.1 cm³/mol. The number of hydrogen-bond donors (Lipinski definition) is 2. The third-order valence-electron chi connectivity index (χ3n) is 2.70. The van der Waals surface area contributed by atoms with E-state index in [0.29, 0.717) is 11.3 Å². The van der Waals surface area contributed by atoms with Gasteiger partial charge in [-0.1, -0.05) is 12.1 Å². The highest BCUT2D eigenvalue weighted by molar-refractivity contribution is 6.04. The van der Waals surface area contributed by atoms with Gasteiger partial charge in [-0.05, 0) is 12.1 Å². The number of imidazole rings is 1. The van der Waals surface area contributed by atoms with Gasteiger partial charge in [0.15, 0.2) is 0 Å². The second-order valence-corrected chi connectivity index (χ2v) is 3.93. The zero-order valence-corrected chi connectivity index (χ0v) is 9.95. The zero-order valence-electron chi connectivity index (χ0n) is 9.95. The van der Waals surface area contributed by atoms with Crippen molar-refractivity contribution in [3.8, 4) is 5.69 Å². The van der Waals surface area contributed by atoms with Gasteiger partial charge in [0.25, 0.3) is 5.91 Å². The van der Waals surface area contributed by atoms with E-state index in [0.717, 1.165) is 5.69 Å². The average Bonchev–Trinajstić information content (AvgIpc) is 3.13. The quantitative estimate of drug-likeness (QED) is 0.748. The molecule has 3 aromatic rings. The van der Waals surface area contributed by atoms with Crippen molar-refractivity contribution < 1.29 is 4.79 Å². The first-order valence-electron chi connectivity index (χ1n) is 5.72. The highest BCUT2D eigenvalue weighted by Crippen LogP contribution is 2.20. The normalized spacial score (nSPS) is 10.3. The van der Waals surface area contributed by atoms with Crippen molar-refractivity contribution in [3.05, 3.63) is 60.9 Å². The van der Waals surface area contributed by atoms with Crippen LogP contribution in [-0.2, 0) is 0 Å². The van der Waals surface area contributed by atoms with E-state index < -0.39 is 0 Å². The Morgan fingerprint density at radius 1 is 1.32 bits per heavy atom. The summed E-state index contributed by atoms with van der Waals surface area (Å²) in [4.78, 5) is 16.0. The van der Waals surface area contributed by atoms with Gasteiger partial charge in [0.1, 0.15) is 0 Å². The van der Waals surface area contributed by atoms with Crippen molar-refractivity contribution in [1.82, 2.24) is 19.7 Å². The van der Waals surface area contributed by atoms with Crippen LogP contribution in [0, 0.1) is 0 Å². The van der Waals surface area contributed by atoms with Crippen LogP contribution in [0.4, 0.5) is 5.69 Å². The largest absolute Gasteiger partial charge is 0.320 e. The smallest absolute Gasteiger partial charge is 0.258 e. The number of carbonyl (C=O) groups is 1. The number of benzene rings is 1. The molecule has 0 bridgehead atoms. The van der Waals surface area contributed by atoms with Crippen LogP contribution in [0.15, 0.2) is 55.4 Å². The average molecular weight is 253 g/mol. The van der Waals surface area contributed by atoms with Crippen LogP contribution in [0.25, 0.3) is 5.69 Å². The molecule has 0 atom stereocenters. The molecule has 6 nitrogen and oxygen atoms in total. The Morgan fingerprint density at radius 3 is 2.95 bits per heavy atom. The first kappa shape index (κ1) is 11.2. The van der Waals surface area contributed by atoms with E-state index in [-0.39, 0.29) is 5.91 Å². The van der Waals surface area contributed by atoms with Crippen LogP contribution in [0.3, 0.4) is 0 Å². The van der Waals surface area contributed by atoms with Gasteiger partial charge in [-0.3, -0.25) is 9.89 Å². The second-order valence-electron chi connectivity index (χ2n) is 3.93. The lowest BCUT2D eigenvalue weighted by Gasteiger charge is -2.10. The number of rotatable bonds is 3. The van der Waals surface area contributed by atoms with E-state index in [9.17, 15) is 4.79 Å². The Bertz CT molecular complexity index is 673. The maximum Gasteiger partial charge on any atom is 0.258 e. The molecule has 6 heteroatoms. The Kier molecular flexibility index (Phi) is 2.82. The molecule has 0 saturated carbocycles. The van der Waals surface area contributed by atoms with Crippen LogP contribution >= 0.6 is 0 Å². The number of anilines is 1. The van der Waals surface area contributed by atoms with Crippen LogP contribution in [-0.4, -0.2) is 25.7 Å². The van der Waals surface area contributed by atoms with E-state index in [2.05, 4.69) is 20.5 Å². The lowest BCUT2D eigenvalue weighted by Crippen LogP contribution is -2.12. The first-order chi connectivity index (χ1) is 9.34. The Hall–Kier alpha value is -2.89. The second kappa shape index (κ2) is 4.77. The van der Waals surface area contributed by atoms with Crippen molar-refractivity contribution in [2.45, 2.75) is 0 Å². The van der Waals surface area contributed by atoms with Gasteiger partial charge in [-0.15, -0.1) is 0 Å². The lowest BCUT2D eigenvalue weighted by atomic mass is 10.2. The molecule has 0 aliphatic heterocycles. The van der Waals surface area contributed by atoms with E-state index in [1.807, 2.05) is 35.0 Å². The van der Waals surface area contributed by atoms with Crippen molar-refractivity contribution in [2.75, 3.05) is 5.32 Å². The molecule has 0 spiro atoms. The third-order valence-corrected chi connectivity index (χ3v) is 2.70. The minimum absolute atomic E-state index is 0.207. The molecule has 2 aromatic heterocycles. The number of nitrogens with zero attached hydrogens (tertiary/aromatic N) is 3. The van der Waals surface area contributed by atoms with Crippen LogP contribution in [0.5, 0.6) is 0 Å². The minimum Gasteiger partial charge on any atom is -0.320 e. The number of hydrogen-bond acceptors (Lipinski definition) is 3. The van der Waals surface area contributed by atoms with Crippen LogP contribution in [0.2, 0.25) is 0 Å². The fourth-order valence-corrected chi connectivity index (χ4v) is 1.78. The summed E-state index contributed by atoms with van der Waals surface area (Å²) in [5.41, 5.74) is 2.06. The van der Waals surface area contributed by atoms with Gasteiger partial charge >= 0.3 is 0 Å². The first-order valence-corrected chi connectivity index (χ1v) is 5.72. The molecule has 94 valence electrons. The fraction of sp³-hybridized carbons (Fsp3) is 0. The van der Waals surface area contributed by atoms with Crippen molar-refractivity contribution in [2.24, 2.45) is 0 Å². The molecule has 0 fully saturated rings. The summed E-state index contributed by atoms with van der Waals surface area (Å²) in [6.45, 7) is 0. The van der Waals surface area contributed by atoms with Crippen molar-refractivity contribution in [3.63, 3.8) is 0 Å². The molecule has 1 amide bonds. The van der Waals surface area contributed by atoms with Crippen molar-refractivity contribution >= 4 is 11.6 Å². The van der Waals surface area contributed by atoms with Crippen molar-refractivity contribution in [1.29, 1.82) is 0 Å². The Morgan fingerprint density at radius 2 is 2.21 bits per heavy atom. The molecule has 0 aliphatic carbocycles. The minimum atomic E-state index is -0.207. The number of H-pyrrole nitrogens is 1. The van der Waals surface area contributed by atoms with Gasteiger partial charge < -0.3 is 9.88 Å². The summed E-state index contributed by atoms with van der Waals surface area (Å²) in [6.07, 6.45) is 8.23. The molecule has 0 unspecified atom stereocenters. The highest BCUT2D eigenvalue weighted by Gasteiger charge is 2.10. The van der Waals surface area contributed by atoms with Gasteiger partial charge in [0.2, 0.25) is 0 Å². The molecule has 0 aliphatic rings. The molecule has 19 heavy (non-hydrogen) atoms. The third kappa shape index (κ3) is 2.23. The Labute approximate surface area is 109 Å². The molecular formula is C13H11N5O. The fourth-order valence-electron chi connectivity index (χ4n) is 1.78. The molecule has 2 heterocycles. The standard InChI is InChI=1S/C13H11N5O/c19-13(10-7-15-16-8-10)17-11-3-1-2-4-12(11)18-6-5-14-9-18/h1-9H,(H,15,16)(H,17,19). The van der Waals surface area contributed by atoms with Gasteiger partial charge in [0.05, 0.1) is 29.5 Å². The summed E-state index contributed by atoms with van der Waals surface area (Å²) in [6, 6.07) is 7.52. The molecule has 1 aromatic carbocycles. The summed E-state index contributed by atoms with van der Waals surface area (Å²) in [7, 11) is 0. The van der Waals surface area contributed by atoms with E-state index in [1.54, 1.807) is 18.7 Å². The van der Waals surface area contributed by atoms with Gasteiger partial charge in [-0.2, -0.15) is 5.10 Å². The highest BCUT2D eigenvalue weighted by atomic mass is 16.1. The summed E-state index contributed by atoms with van der Waals surface area (Å²) in [5, 5.41) is 9.22. The van der Waals surface area contributed by atoms with Crippen LogP contribution in [0.1, 0.15) is 10.4 Å². The summed E-state index contributed by atoms with van der Waals surface area (Å²) in [5.74, 6) is -0.207. The van der Waals surface area contributed by atoms with E-state index >= 15 is 0 Å². The molecule has 0 saturated heterocycles. The number of aromatic amines is 1. The van der Waals surface area contributed by atoms with Crippen LogP contribution < -0.4 is 5.32 Å². The van der Waals surface area contributed by atoms with Gasteiger partial charge in [-0.25, -0.2) is 4.98 Å². The molecule has 2 N–H and O–H groups in total. The number of nitrogens with one attached hydrogen (secondary N) is 2.